The third kappa shape index (κ3) is 6.12. The Labute approximate surface area is 72.9 Å². The average Bonchev–Trinajstić information content (AvgIpc) is 2.05. The molecule has 0 aromatic carbocycles. The lowest BCUT2D eigenvalue weighted by Gasteiger charge is -2.09. The highest BCUT2D eigenvalue weighted by Crippen LogP contribution is 1.91. The van der Waals surface area contributed by atoms with E-state index in [4.69, 9.17) is 0 Å². The van der Waals surface area contributed by atoms with Crippen molar-refractivity contribution >= 4 is 5.97 Å². The molecule has 0 spiro atoms. The van der Waals surface area contributed by atoms with Gasteiger partial charge in [0.25, 0.3) is 0 Å². The first-order valence-corrected chi connectivity index (χ1v) is 4.16. The predicted molar refractivity (Wildman–Crippen MR) is 45.8 cm³/mol. The minimum atomic E-state index is -0.635. The molecule has 1 unspecified atom stereocenters. The van der Waals surface area contributed by atoms with E-state index in [2.05, 4.69) is 10.1 Å². The van der Waals surface area contributed by atoms with Crippen LogP contribution in [0.3, 0.4) is 0 Å². The second-order valence-electron chi connectivity index (χ2n) is 2.64. The van der Waals surface area contributed by atoms with E-state index in [1.54, 1.807) is 0 Å². The number of carbonyl (C=O) groups excluding carboxylic acids is 1. The van der Waals surface area contributed by atoms with Crippen LogP contribution in [0.5, 0.6) is 0 Å². The Kier molecular flexibility index (Phi) is 6.70. The Morgan fingerprint density at radius 3 is 2.83 bits per heavy atom. The summed E-state index contributed by atoms with van der Waals surface area (Å²) in [6.07, 6.45) is 0.446. The lowest BCUT2D eigenvalue weighted by atomic mass is 10.2. The molecule has 0 radical (unpaired) electrons. The predicted octanol–water partition coefficient (Wildman–Crippen LogP) is -0.0900. The molecule has 4 heteroatoms. The molecule has 0 aromatic heterocycles. The quantitative estimate of drug-likeness (QED) is 0.437. The Morgan fingerprint density at radius 2 is 2.33 bits per heavy atom. The van der Waals surface area contributed by atoms with Crippen molar-refractivity contribution in [2.45, 2.75) is 25.9 Å². The average molecular weight is 175 g/mol. The molecule has 2 N–H and O–H groups in total. The maximum absolute atomic E-state index is 10.6. The molecule has 1 atom stereocenters. The van der Waals surface area contributed by atoms with Crippen molar-refractivity contribution in [1.29, 1.82) is 0 Å². The SMILES string of the molecule is CCCNCC(O)CC(=O)OC. The first kappa shape index (κ1) is 11.4. The summed E-state index contributed by atoms with van der Waals surface area (Å²) >= 11 is 0. The zero-order valence-corrected chi connectivity index (χ0v) is 7.67. The summed E-state index contributed by atoms with van der Waals surface area (Å²) in [5, 5.41) is 12.2. The van der Waals surface area contributed by atoms with Gasteiger partial charge in [-0.3, -0.25) is 4.79 Å². The summed E-state index contributed by atoms with van der Waals surface area (Å²) in [5.41, 5.74) is 0. The van der Waals surface area contributed by atoms with Crippen molar-refractivity contribution in [2.75, 3.05) is 20.2 Å². The van der Waals surface area contributed by atoms with Crippen LogP contribution < -0.4 is 5.32 Å². The molecule has 0 heterocycles. The number of hydrogen-bond donors (Lipinski definition) is 2. The minimum Gasteiger partial charge on any atom is -0.469 e. The minimum absolute atomic E-state index is 0.0627. The van der Waals surface area contributed by atoms with Crippen LogP contribution in [0.1, 0.15) is 19.8 Å². The van der Waals surface area contributed by atoms with Crippen molar-refractivity contribution in [1.82, 2.24) is 5.32 Å². The summed E-state index contributed by atoms with van der Waals surface area (Å²) in [5.74, 6) is -0.374. The highest BCUT2D eigenvalue weighted by atomic mass is 16.5. The number of nitrogens with one attached hydrogen (secondary N) is 1. The molecule has 0 fully saturated rings. The second kappa shape index (κ2) is 7.06. The van der Waals surface area contributed by atoms with Crippen LogP contribution in [-0.4, -0.2) is 37.4 Å². The number of carbonyl (C=O) groups is 1. The number of aliphatic hydroxyl groups excluding tert-OH is 1. The zero-order chi connectivity index (χ0) is 9.40. The molecule has 0 aromatic rings. The maximum atomic E-state index is 10.6. The van der Waals surface area contributed by atoms with Gasteiger partial charge in [-0.1, -0.05) is 6.92 Å². The third-order valence-electron chi connectivity index (χ3n) is 1.44. The van der Waals surface area contributed by atoms with Gasteiger partial charge in [-0.2, -0.15) is 0 Å². The molecule has 72 valence electrons. The fourth-order valence-corrected chi connectivity index (χ4v) is 0.793. The van der Waals surface area contributed by atoms with Gasteiger partial charge >= 0.3 is 5.97 Å². The van der Waals surface area contributed by atoms with E-state index in [1.807, 2.05) is 6.92 Å². The molecular weight excluding hydrogens is 158 g/mol. The normalized spacial score (nSPS) is 12.6. The Bertz CT molecular complexity index is 127. The monoisotopic (exact) mass is 175 g/mol. The van der Waals surface area contributed by atoms with Crippen molar-refractivity contribution < 1.29 is 14.6 Å². The second-order valence-corrected chi connectivity index (χ2v) is 2.64. The van der Waals surface area contributed by atoms with Gasteiger partial charge in [-0.25, -0.2) is 0 Å². The summed E-state index contributed by atoms with van der Waals surface area (Å²) in [6.45, 7) is 3.35. The van der Waals surface area contributed by atoms with Crippen LogP contribution >= 0.6 is 0 Å². The highest BCUT2D eigenvalue weighted by molar-refractivity contribution is 5.69. The van der Waals surface area contributed by atoms with E-state index in [-0.39, 0.29) is 12.4 Å². The van der Waals surface area contributed by atoms with Gasteiger partial charge in [0.15, 0.2) is 0 Å². The first-order valence-electron chi connectivity index (χ1n) is 4.16. The third-order valence-corrected chi connectivity index (χ3v) is 1.44. The Morgan fingerprint density at radius 1 is 1.67 bits per heavy atom. The van der Waals surface area contributed by atoms with Crippen LogP contribution in [-0.2, 0) is 9.53 Å². The maximum Gasteiger partial charge on any atom is 0.308 e. The largest absolute Gasteiger partial charge is 0.469 e. The van der Waals surface area contributed by atoms with Gasteiger partial charge < -0.3 is 15.2 Å². The van der Waals surface area contributed by atoms with E-state index >= 15 is 0 Å². The first-order chi connectivity index (χ1) is 5.70. The van der Waals surface area contributed by atoms with Crippen LogP contribution in [0.25, 0.3) is 0 Å². The van der Waals surface area contributed by atoms with Gasteiger partial charge in [0, 0.05) is 6.54 Å². The lowest BCUT2D eigenvalue weighted by molar-refractivity contribution is -0.142. The van der Waals surface area contributed by atoms with Crippen molar-refractivity contribution in [3.8, 4) is 0 Å². The van der Waals surface area contributed by atoms with E-state index in [1.165, 1.54) is 7.11 Å². The van der Waals surface area contributed by atoms with E-state index in [0.29, 0.717) is 6.54 Å². The molecular formula is C8H17NO3. The Hall–Kier alpha value is -0.610. The van der Waals surface area contributed by atoms with Gasteiger partial charge in [0.05, 0.1) is 19.6 Å². The van der Waals surface area contributed by atoms with Gasteiger partial charge in [0.1, 0.15) is 0 Å². The standard InChI is InChI=1S/C8H17NO3/c1-3-4-9-6-7(10)5-8(11)12-2/h7,9-10H,3-6H2,1-2H3. The number of methoxy groups -OCH3 is 1. The van der Waals surface area contributed by atoms with Crippen LogP contribution in [0.2, 0.25) is 0 Å². The molecule has 0 rings (SSSR count). The molecule has 0 amide bonds. The number of rotatable bonds is 6. The smallest absolute Gasteiger partial charge is 0.308 e. The number of aliphatic hydroxyl groups is 1. The fraction of sp³-hybridized carbons (Fsp3) is 0.875. The van der Waals surface area contributed by atoms with E-state index in [0.717, 1.165) is 13.0 Å². The summed E-state index contributed by atoms with van der Waals surface area (Å²) in [7, 11) is 1.31. The molecule has 0 saturated heterocycles. The molecule has 0 saturated carbocycles. The molecule has 4 nitrogen and oxygen atoms in total. The van der Waals surface area contributed by atoms with Gasteiger partial charge in [0.2, 0.25) is 0 Å². The van der Waals surface area contributed by atoms with Crippen molar-refractivity contribution in [3.05, 3.63) is 0 Å². The van der Waals surface area contributed by atoms with Crippen LogP contribution in [0.4, 0.5) is 0 Å². The topological polar surface area (TPSA) is 58.6 Å². The highest BCUT2D eigenvalue weighted by Gasteiger charge is 2.09. The molecule has 12 heavy (non-hydrogen) atoms. The van der Waals surface area contributed by atoms with Gasteiger partial charge in [-0.05, 0) is 13.0 Å². The summed E-state index contributed by atoms with van der Waals surface area (Å²) in [4.78, 5) is 10.6. The zero-order valence-electron chi connectivity index (χ0n) is 7.67. The molecule has 0 aliphatic carbocycles. The molecule has 0 bridgehead atoms. The fourth-order valence-electron chi connectivity index (χ4n) is 0.793. The Balaban J connectivity index is 3.32. The van der Waals surface area contributed by atoms with Crippen molar-refractivity contribution in [3.63, 3.8) is 0 Å². The van der Waals surface area contributed by atoms with Crippen LogP contribution in [0.15, 0.2) is 0 Å². The number of hydrogen-bond acceptors (Lipinski definition) is 4. The molecule has 0 aliphatic rings. The summed E-state index contributed by atoms with van der Waals surface area (Å²) < 4.78 is 4.40. The number of ether oxygens (including phenoxy) is 1. The van der Waals surface area contributed by atoms with E-state index in [9.17, 15) is 9.90 Å². The van der Waals surface area contributed by atoms with Crippen LogP contribution in [0, 0.1) is 0 Å². The number of esters is 1. The van der Waals surface area contributed by atoms with Crippen molar-refractivity contribution in [2.24, 2.45) is 0 Å². The lowest BCUT2D eigenvalue weighted by Crippen LogP contribution is -2.29. The summed E-state index contributed by atoms with van der Waals surface area (Å²) in [6, 6.07) is 0. The van der Waals surface area contributed by atoms with E-state index < -0.39 is 6.10 Å². The molecule has 0 aliphatic heterocycles. The van der Waals surface area contributed by atoms with Gasteiger partial charge in [-0.15, -0.1) is 0 Å².